The van der Waals surface area contributed by atoms with E-state index in [1.165, 1.54) is 18.9 Å². The smallest absolute Gasteiger partial charge is 0.234 e. The van der Waals surface area contributed by atoms with Gasteiger partial charge in [0.2, 0.25) is 5.91 Å². The average molecular weight is 489 g/mol. The van der Waals surface area contributed by atoms with Crippen molar-refractivity contribution in [2.45, 2.75) is 25.2 Å². The van der Waals surface area contributed by atoms with Gasteiger partial charge in [-0.1, -0.05) is 35.5 Å². The zero-order valence-electron chi connectivity index (χ0n) is 18.6. The van der Waals surface area contributed by atoms with Crippen LogP contribution in [-0.4, -0.2) is 40.6 Å². The fourth-order valence-corrected chi connectivity index (χ4v) is 3.87. The summed E-state index contributed by atoms with van der Waals surface area (Å²) in [6.07, 6.45) is 1.73. The Morgan fingerprint density at radius 2 is 2.00 bits per heavy atom. The molecule has 0 bridgehead atoms. The minimum absolute atomic E-state index is 0.134. The lowest BCUT2D eigenvalue weighted by atomic mass is 10.2. The van der Waals surface area contributed by atoms with Crippen LogP contribution >= 0.6 is 23.4 Å². The van der Waals surface area contributed by atoms with Gasteiger partial charge in [-0.3, -0.25) is 9.36 Å². The number of anilines is 1. The number of thioether (sulfide) groups is 1. The molecule has 2 aromatic carbocycles. The Morgan fingerprint density at radius 1 is 1.18 bits per heavy atom. The number of hydrogen-bond donors (Lipinski definition) is 1. The summed E-state index contributed by atoms with van der Waals surface area (Å²) in [5.41, 5.74) is 1.60. The second kappa shape index (κ2) is 11.6. The molecule has 33 heavy (non-hydrogen) atoms. The van der Waals surface area contributed by atoms with Gasteiger partial charge in [-0.05, 0) is 36.8 Å². The molecule has 8 nitrogen and oxygen atoms in total. The van der Waals surface area contributed by atoms with Gasteiger partial charge in [0.1, 0.15) is 23.9 Å². The third-order valence-corrected chi connectivity index (χ3v) is 5.84. The van der Waals surface area contributed by atoms with E-state index in [2.05, 4.69) is 22.1 Å². The Hall–Kier alpha value is -3.17. The van der Waals surface area contributed by atoms with Crippen LogP contribution < -0.4 is 19.5 Å². The van der Waals surface area contributed by atoms with Gasteiger partial charge in [0.05, 0.1) is 30.7 Å². The molecule has 0 unspecified atom stereocenters. The molecule has 1 amide bonds. The molecule has 0 saturated heterocycles. The Morgan fingerprint density at radius 3 is 2.73 bits per heavy atom. The normalized spacial score (nSPS) is 10.5. The van der Waals surface area contributed by atoms with E-state index < -0.39 is 0 Å². The number of amides is 1. The fourth-order valence-electron chi connectivity index (χ4n) is 2.93. The third kappa shape index (κ3) is 6.43. The molecule has 1 N–H and O–H groups in total. The van der Waals surface area contributed by atoms with Crippen molar-refractivity contribution in [2.24, 2.45) is 0 Å². The second-order valence-electron chi connectivity index (χ2n) is 6.92. The van der Waals surface area contributed by atoms with E-state index >= 15 is 0 Å². The van der Waals surface area contributed by atoms with Gasteiger partial charge >= 0.3 is 0 Å². The van der Waals surface area contributed by atoms with Crippen LogP contribution in [-0.2, 0) is 17.9 Å². The number of benzene rings is 2. The first kappa shape index (κ1) is 24.5. The van der Waals surface area contributed by atoms with Gasteiger partial charge in [-0.25, -0.2) is 0 Å². The van der Waals surface area contributed by atoms with Crippen molar-refractivity contribution in [3.8, 4) is 17.2 Å². The molecule has 0 atom stereocenters. The number of carbonyl (C=O) groups is 1. The van der Waals surface area contributed by atoms with Crippen molar-refractivity contribution in [2.75, 3.05) is 25.3 Å². The Bertz CT molecular complexity index is 1140. The van der Waals surface area contributed by atoms with Crippen molar-refractivity contribution in [1.82, 2.24) is 14.8 Å². The zero-order chi connectivity index (χ0) is 23.8. The summed E-state index contributed by atoms with van der Waals surface area (Å²) in [5.74, 6) is 2.25. The molecule has 0 aliphatic rings. The summed E-state index contributed by atoms with van der Waals surface area (Å²) < 4.78 is 18.2. The maximum atomic E-state index is 12.5. The van der Waals surface area contributed by atoms with Gasteiger partial charge in [0.25, 0.3) is 0 Å². The number of aromatic nitrogens is 3. The van der Waals surface area contributed by atoms with E-state index in [4.69, 9.17) is 25.8 Å². The number of ether oxygens (including phenoxy) is 3. The number of halogens is 1. The number of rotatable bonds is 11. The highest BCUT2D eigenvalue weighted by atomic mass is 35.5. The Labute approximate surface area is 201 Å². The lowest BCUT2D eigenvalue weighted by Crippen LogP contribution is -2.15. The summed E-state index contributed by atoms with van der Waals surface area (Å²) in [5, 5.41) is 12.4. The second-order valence-corrected chi connectivity index (χ2v) is 8.27. The standard InChI is InChI=1S/C23H25ClN4O4S/c1-5-10-28-21(13-32-19-11-15(2)6-8-17(19)24)26-27-23(28)33-14-22(29)25-18-9-7-16(30-3)12-20(18)31-4/h5-9,11-12H,1,10,13-14H2,2-4H3,(H,25,29). The lowest BCUT2D eigenvalue weighted by molar-refractivity contribution is -0.113. The van der Waals surface area contributed by atoms with E-state index in [0.29, 0.717) is 45.5 Å². The Balaban J connectivity index is 1.65. The van der Waals surface area contributed by atoms with Crippen LogP contribution in [0.1, 0.15) is 11.4 Å². The largest absolute Gasteiger partial charge is 0.497 e. The van der Waals surface area contributed by atoms with Crippen LogP contribution in [0.4, 0.5) is 5.69 Å². The van der Waals surface area contributed by atoms with Crippen molar-refractivity contribution < 1.29 is 19.0 Å². The van der Waals surface area contributed by atoms with Crippen LogP contribution in [0.15, 0.2) is 54.2 Å². The summed E-state index contributed by atoms with van der Waals surface area (Å²) >= 11 is 7.48. The van der Waals surface area contributed by atoms with E-state index in [0.717, 1.165) is 5.56 Å². The topological polar surface area (TPSA) is 87.5 Å². The quantitative estimate of drug-likeness (QED) is 0.307. The summed E-state index contributed by atoms with van der Waals surface area (Å²) in [4.78, 5) is 12.5. The molecule has 3 rings (SSSR count). The minimum atomic E-state index is -0.207. The molecule has 0 radical (unpaired) electrons. The first-order valence-corrected chi connectivity index (χ1v) is 11.4. The predicted octanol–water partition coefficient (Wildman–Crippen LogP) is 4.75. The van der Waals surface area contributed by atoms with Gasteiger partial charge < -0.3 is 19.5 Å². The van der Waals surface area contributed by atoms with E-state index in [1.807, 2.05) is 23.6 Å². The molecule has 10 heteroatoms. The zero-order valence-corrected chi connectivity index (χ0v) is 20.2. The molecule has 1 heterocycles. The van der Waals surface area contributed by atoms with Crippen LogP contribution in [0.3, 0.4) is 0 Å². The molecule has 3 aromatic rings. The molecule has 174 valence electrons. The SMILES string of the molecule is C=CCn1c(COc2cc(C)ccc2Cl)nnc1SCC(=O)Nc1ccc(OC)cc1OC. The number of aryl methyl sites for hydroxylation is 1. The summed E-state index contributed by atoms with van der Waals surface area (Å²) in [6, 6.07) is 10.8. The molecule has 1 aromatic heterocycles. The summed E-state index contributed by atoms with van der Waals surface area (Å²) in [7, 11) is 3.10. The predicted molar refractivity (Wildman–Crippen MR) is 130 cm³/mol. The highest BCUT2D eigenvalue weighted by Crippen LogP contribution is 2.30. The van der Waals surface area contributed by atoms with E-state index in [9.17, 15) is 4.79 Å². The highest BCUT2D eigenvalue weighted by molar-refractivity contribution is 7.99. The van der Waals surface area contributed by atoms with Crippen LogP contribution in [0.25, 0.3) is 0 Å². The highest BCUT2D eigenvalue weighted by Gasteiger charge is 2.16. The fraction of sp³-hybridized carbons (Fsp3) is 0.261. The number of nitrogens with zero attached hydrogens (tertiary/aromatic N) is 3. The van der Waals surface area contributed by atoms with Crippen LogP contribution in [0.5, 0.6) is 17.2 Å². The summed E-state index contributed by atoms with van der Waals surface area (Å²) in [6.45, 7) is 6.41. The number of carbonyl (C=O) groups excluding carboxylic acids is 1. The molecule has 0 saturated carbocycles. The van der Waals surface area contributed by atoms with Gasteiger partial charge in [0, 0.05) is 12.6 Å². The monoisotopic (exact) mass is 488 g/mol. The van der Waals surface area contributed by atoms with Crippen molar-refractivity contribution >= 4 is 35.0 Å². The van der Waals surface area contributed by atoms with E-state index in [1.54, 1.807) is 37.5 Å². The Kier molecular flexibility index (Phi) is 8.62. The molecular formula is C23H25ClN4O4S. The molecule has 0 aliphatic carbocycles. The minimum Gasteiger partial charge on any atom is -0.497 e. The molecule has 0 aliphatic heterocycles. The average Bonchev–Trinajstić information content (AvgIpc) is 3.20. The number of methoxy groups -OCH3 is 2. The molecule has 0 fully saturated rings. The maximum absolute atomic E-state index is 12.5. The first-order valence-electron chi connectivity index (χ1n) is 10.0. The number of allylic oxidation sites excluding steroid dienone is 1. The molecule has 0 spiro atoms. The molecular weight excluding hydrogens is 464 g/mol. The maximum Gasteiger partial charge on any atom is 0.234 e. The van der Waals surface area contributed by atoms with E-state index in [-0.39, 0.29) is 18.3 Å². The lowest BCUT2D eigenvalue weighted by Gasteiger charge is -2.12. The van der Waals surface area contributed by atoms with Crippen LogP contribution in [0.2, 0.25) is 5.02 Å². The van der Waals surface area contributed by atoms with Gasteiger partial charge in [0.15, 0.2) is 11.0 Å². The van der Waals surface area contributed by atoms with Gasteiger partial charge in [-0.2, -0.15) is 0 Å². The first-order chi connectivity index (χ1) is 15.9. The number of hydrogen-bond acceptors (Lipinski definition) is 7. The van der Waals surface area contributed by atoms with Crippen molar-refractivity contribution in [1.29, 1.82) is 0 Å². The third-order valence-electron chi connectivity index (χ3n) is 4.56. The van der Waals surface area contributed by atoms with Gasteiger partial charge in [-0.15, -0.1) is 16.8 Å². The number of nitrogens with one attached hydrogen (secondary N) is 1. The van der Waals surface area contributed by atoms with Crippen LogP contribution in [0, 0.1) is 6.92 Å². The van der Waals surface area contributed by atoms with Crippen molar-refractivity contribution in [3.63, 3.8) is 0 Å². The van der Waals surface area contributed by atoms with Crippen molar-refractivity contribution in [3.05, 3.63) is 65.5 Å².